The fourth-order valence-electron chi connectivity index (χ4n) is 4.11. The first-order valence-corrected chi connectivity index (χ1v) is 9.27. The van der Waals surface area contributed by atoms with Crippen LogP contribution >= 0.6 is 27.3 Å². The maximum atomic E-state index is 6.56. The summed E-state index contributed by atoms with van der Waals surface area (Å²) in [6.07, 6.45) is 10.0. The minimum atomic E-state index is 0.262. The van der Waals surface area contributed by atoms with Gasteiger partial charge in [-0.15, -0.1) is 11.3 Å². The lowest BCUT2D eigenvalue weighted by Crippen LogP contribution is -2.32. The lowest BCUT2D eigenvalue weighted by Gasteiger charge is -2.41. The zero-order valence-electron chi connectivity index (χ0n) is 11.7. The summed E-state index contributed by atoms with van der Waals surface area (Å²) in [5.74, 6) is 2.71. The molecule has 2 N–H and O–H groups in total. The van der Waals surface area contributed by atoms with E-state index in [1.54, 1.807) is 0 Å². The Balaban J connectivity index is 1.68. The van der Waals surface area contributed by atoms with Gasteiger partial charge in [0.05, 0.1) is 0 Å². The van der Waals surface area contributed by atoms with Gasteiger partial charge in [-0.05, 0) is 65.9 Å². The van der Waals surface area contributed by atoms with E-state index in [0.29, 0.717) is 5.92 Å². The molecule has 3 rings (SSSR count). The molecule has 2 aliphatic rings. The van der Waals surface area contributed by atoms with E-state index in [0.717, 1.165) is 11.8 Å². The summed E-state index contributed by atoms with van der Waals surface area (Å²) in [6.45, 7) is 2.17. The van der Waals surface area contributed by atoms with Crippen molar-refractivity contribution in [3.8, 4) is 0 Å². The van der Waals surface area contributed by atoms with Crippen LogP contribution in [0.4, 0.5) is 0 Å². The normalized spacial score (nSPS) is 32.9. The van der Waals surface area contributed by atoms with Gasteiger partial charge in [-0.2, -0.15) is 0 Å². The summed E-state index contributed by atoms with van der Waals surface area (Å²) in [5.41, 5.74) is 6.56. The molecule has 0 radical (unpaired) electrons. The molecule has 0 spiro atoms. The number of hydrogen-bond donors (Lipinski definition) is 1. The Hall–Kier alpha value is 0.140. The molecule has 1 heterocycles. The summed E-state index contributed by atoms with van der Waals surface area (Å²) < 4.78 is 1.23. The third-order valence-corrected chi connectivity index (χ3v) is 7.53. The zero-order chi connectivity index (χ0) is 13.4. The van der Waals surface area contributed by atoms with Crippen LogP contribution in [-0.2, 0) is 0 Å². The molecule has 2 saturated carbocycles. The summed E-state index contributed by atoms with van der Waals surface area (Å²) >= 11 is 5.49. The van der Waals surface area contributed by atoms with E-state index < -0.39 is 0 Å². The van der Waals surface area contributed by atoms with Crippen LogP contribution in [0, 0.1) is 24.7 Å². The highest BCUT2D eigenvalue weighted by molar-refractivity contribution is 9.10. The van der Waals surface area contributed by atoms with Crippen LogP contribution < -0.4 is 5.73 Å². The van der Waals surface area contributed by atoms with Gasteiger partial charge < -0.3 is 5.73 Å². The molecule has 2 fully saturated rings. The minimum Gasteiger partial charge on any atom is -0.323 e. The number of halogens is 1. The largest absolute Gasteiger partial charge is 0.323 e. The molecule has 1 nitrogen and oxygen atoms in total. The average Bonchev–Trinajstić information content (AvgIpc) is 2.77. The summed E-state index contributed by atoms with van der Waals surface area (Å²) in [6, 6.07) is 2.51. The summed E-state index contributed by atoms with van der Waals surface area (Å²) in [4.78, 5) is 2.74. The molecule has 4 atom stereocenters. The highest BCUT2D eigenvalue weighted by Crippen LogP contribution is 2.46. The monoisotopic (exact) mass is 341 g/mol. The first-order chi connectivity index (χ1) is 9.15. The Bertz CT molecular complexity index is 422. The van der Waals surface area contributed by atoms with E-state index in [2.05, 4.69) is 28.9 Å². The molecule has 0 amide bonds. The predicted octanol–water partition coefficient (Wildman–Crippen LogP) is 5.43. The number of thiophene rings is 1. The molecule has 0 aliphatic heterocycles. The molecular weight excluding hydrogens is 318 g/mol. The Morgan fingerprint density at radius 3 is 2.63 bits per heavy atom. The van der Waals surface area contributed by atoms with Crippen LogP contribution in [0.25, 0.3) is 0 Å². The SMILES string of the molecule is Cc1sc(C(N)C2CCC3CCCCC3C2)cc1Br. The lowest BCUT2D eigenvalue weighted by atomic mass is 9.66. The molecule has 0 aromatic carbocycles. The van der Waals surface area contributed by atoms with Gasteiger partial charge >= 0.3 is 0 Å². The second-order valence-corrected chi connectivity index (χ2v) is 8.60. The first kappa shape index (κ1) is 14.1. The van der Waals surface area contributed by atoms with Crippen LogP contribution in [0.2, 0.25) is 0 Å². The Labute approximate surface area is 129 Å². The minimum absolute atomic E-state index is 0.262. The van der Waals surface area contributed by atoms with E-state index in [9.17, 15) is 0 Å². The Morgan fingerprint density at radius 1 is 1.21 bits per heavy atom. The van der Waals surface area contributed by atoms with Crippen molar-refractivity contribution in [2.45, 2.75) is 57.9 Å². The number of hydrogen-bond acceptors (Lipinski definition) is 2. The summed E-state index contributed by atoms with van der Waals surface area (Å²) in [5, 5.41) is 0. The second-order valence-electron chi connectivity index (χ2n) is 6.46. The Kier molecular flexibility index (Phi) is 4.35. The van der Waals surface area contributed by atoms with Gasteiger partial charge in [0, 0.05) is 20.3 Å². The van der Waals surface area contributed by atoms with Crippen molar-refractivity contribution in [1.29, 1.82) is 0 Å². The third kappa shape index (κ3) is 2.93. The van der Waals surface area contributed by atoms with E-state index >= 15 is 0 Å². The average molecular weight is 342 g/mol. The molecule has 1 aromatic heterocycles. The highest BCUT2D eigenvalue weighted by Gasteiger charge is 2.35. The van der Waals surface area contributed by atoms with Gasteiger partial charge in [0.25, 0.3) is 0 Å². The van der Waals surface area contributed by atoms with Gasteiger partial charge in [-0.3, -0.25) is 0 Å². The Morgan fingerprint density at radius 2 is 1.95 bits per heavy atom. The van der Waals surface area contributed by atoms with Gasteiger partial charge in [-0.1, -0.05) is 25.7 Å². The molecule has 1 aromatic rings. The third-order valence-electron chi connectivity index (χ3n) is 5.29. The fourth-order valence-corrected chi connectivity index (χ4v) is 5.77. The molecule has 19 heavy (non-hydrogen) atoms. The number of fused-ring (bicyclic) bond motifs is 1. The van der Waals surface area contributed by atoms with E-state index in [1.807, 2.05) is 11.3 Å². The van der Waals surface area contributed by atoms with Crippen molar-refractivity contribution in [3.05, 3.63) is 20.3 Å². The molecule has 106 valence electrons. The maximum absolute atomic E-state index is 6.56. The second kappa shape index (κ2) is 5.87. The van der Waals surface area contributed by atoms with Gasteiger partial charge in [0.15, 0.2) is 0 Å². The van der Waals surface area contributed by atoms with E-state index in [4.69, 9.17) is 5.73 Å². The van der Waals surface area contributed by atoms with E-state index in [-0.39, 0.29) is 6.04 Å². The molecule has 4 unspecified atom stereocenters. The zero-order valence-corrected chi connectivity index (χ0v) is 14.1. The fraction of sp³-hybridized carbons (Fsp3) is 0.750. The van der Waals surface area contributed by atoms with Gasteiger partial charge in [0.1, 0.15) is 0 Å². The van der Waals surface area contributed by atoms with Crippen LogP contribution in [0.3, 0.4) is 0 Å². The lowest BCUT2D eigenvalue weighted by molar-refractivity contribution is 0.118. The molecule has 0 bridgehead atoms. The first-order valence-electron chi connectivity index (χ1n) is 7.66. The van der Waals surface area contributed by atoms with Crippen molar-refractivity contribution in [2.75, 3.05) is 0 Å². The van der Waals surface area contributed by atoms with Crippen molar-refractivity contribution < 1.29 is 0 Å². The van der Waals surface area contributed by atoms with E-state index in [1.165, 1.54) is 59.2 Å². The molecule has 3 heteroatoms. The van der Waals surface area contributed by atoms with Crippen LogP contribution in [0.5, 0.6) is 0 Å². The predicted molar refractivity (Wildman–Crippen MR) is 86.5 cm³/mol. The van der Waals surface area contributed by atoms with Crippen molar-refractivity contribution in [1.82, 2.24) is 0 Å². The van der Waals surface area contributed by atoms with Gasteiger partial charge in [-0.25, -0.2) is 0 Å². The number of nitrogens with two attached hydrogens (primary N) is 1. The van der Waals surface area contributed by atoms with Gasteiger partial charge in [0.2, 0.25) is 0 Å². The topological polar surface area (TPSA) is 26.0 Å². The van der Waals surface area contributed by atoms with Crippen LogP contribution in [0.1, 0.15) is 60.7 Å². The standard InChI is InChI=1S/C16H24BrNS/c1-10-14(17)9-15(19-10)16(18)13-7-6-11-4-2-3-5-12(11)8-13/h9,11-13,16H,2-8,18H2,1H3. The van der Waals surface area contributed by atoms with Crippen LogP contribution in [0.15, 0.2) is 10.5 Å². The van der Waals surface area contributed by atoms with Crippen molar-refractivity contribution in [3.63, 3.8) is 0 Å². The number of aryl methyl sites for hydroxylation is 1. The smallest absolute Gasteiger partial charge is 0.0418 e. The molecule has 2 aliphatic carbocycles. The summed E-state index contributed by atoms with van der Waals surface area (Å²) in [7, 11) is 0. The van der Waals surface area contributed by atoms with Crippen molar-refractivity contribution in [2.24, 2.45) is 23.5 Å². The molecule has 0 saturated heterocycles. The molecular formula is C16H24BrNS. The number of rotatable bonds is 2. The van der Waals surface area contributed by atoms with Crippen molar-refractivity contribution >= 4 is 27.3 Å². The maximum Gasteiger partial charge on any atom is 0.0418 e. The highest BCUT2D eigenvalue weighted by atomic mass is 79.9. The van der Waals surface area contributed by atoms with Crippen LogP contribution in [-0.4, -0.2) is 0 Å². The quantitative estimate of drug-likeness (QED) is 0.762.